The predicted molar refractivity (Wildman–Crippen MR) is 81.6 cm³/mol. The van der Waals surface area contributed by atoms with Crippen molar-refractivity contribution in [2.75, 3.05) is 24.8 Å². The Morgan fingerprint density at radius 3 is 3.05 bits per heavy atom. The number of thioether (sulfide) groups is 1. The van der Waals surface area contributed by atoms with E-state index in [0.717, 1.165) is 10.1 Å². The zero-order valence-corrected chi connectivity index (χ0v) is 13.2. The number of aryl methyl sites for hydroxylation is 1. The van der Waals surface area contributed by atoms with E-state index < -0.39 is 11.7 Å². The topological polar surface area (TPSA) is 64.1 Å². The molecule has 2 rings (SSSR count). The zero-order valence-electron chi connectivity index (χ0n) is 11.6. The number of nitrogens with one attached hydrogen (secondary N) is 1. The second-order valence-electron chi connectivity index (χ2n) is 4.10. The van der Waals surface area contributed by atoms with Crippen LogP contribution < -0.4 is 5.32 Å². The van der Waals surface area contributed by atoms with E-state index in [1.807, 2.05) is 0 Å². The van der Waals surface area contributed by atoms with Crippen molar-refractivity contribution in [3.05, 3.63) is 35.1 Å². The molecule has 0 atom stereocenters. The van der Waals surface area contributed by atoms with Gasteiger partial charge in [0.05, 0.1) is 12.2 Å². The molecular formula is C13H14FN3O2S2. The van der Waals surface area contributed by atoms with Gasteiger partial charge in [-0.15, -0.1) is 10.2 Å². The molecule has 0 aliphatic heterocycles. The van der Waals surface area contributed by atoms with E-state index in [9.17, 15) is 9.18 Å². The normalized spacial score (nSPS) is 10.6. The quantitative estimate of drug-likeness (QED) is 0.502. The van der Waals surface area contributed by atoms with Crippen LogP contribution in [0.15, 0.2) is 22.5 Å². The van der Waals surface area contributed by atoms with E-state index in [1.165, 1.54) is 29.2 Å². The minimum atomic E-state index is -0.527. The molecular weight excluding hydrogens is 313 g/mol. The zero-order chi connectivity index (χ0) is 15.2. The number of rotatable bonds is 6. The van der Waals surface area contributed by atoms with Crippen molar-refractivity contribution < 1.29 is 13.9 Å². The van der Waals surface area contributed by atoms with Crippen molar-refractivity contribution in [2.45, 2.75) is 11.3 Å². The Bertz CT molecular complexity index is 634. The highest BCUT2D eigenvalue weighted by Crippen LogP contribution is 2.25. The lowest BCUT2D eigenvalue weighted by Crippen LogP contribution is -2.14. The molecule has 0 saturated heterocycles. The summed E-state index contributed by atoms with van der Waals surface area (Å²) in [5.74, 6) is -0.291. The lowest BCUT2D eigenvalue weighted by molar-refractivity contribution is 0.102. The Labute approximate surface area is 129 Å². The monoisotopic (exact) mass is 327 g/mol. The van der Waals surface area contributed by atoms with Gasteiger partial charge in [0.25, 0.3) is 5.91 Å². The molecule has 21 heavy (non-hydrogen) atoms. The minimum absolute atomic E-state index is 0.00112. The molecule has 8 heteroatoms. The highest BCUT2D eigenvalue weighted by Gasteiger charge is 2.15. The van der Waals surface area contributed by atoms with Gasteiger partial charge in [0.15, 0.2) is 4.34 Å². The van der Waals surface area contributed by atoms with Gasteiger partial charge in [-0.05, 0) is 18.6 Å². The van der Waals surface area contributed by atoms with Crippen molar-refractivity contribution in [1.29, 1.82) is 0 Å². The SMILES string of the molecule is COCCSc1nnc(NC(=O)c2cccc(C)c2F)s1. The summed E-state index contributed by atoms with van der Waals surface area (Å²) in [5, 5.41) is 10.7. The van der Waals surface area contributed by atoms with Gasteiger partial charge in [0, 0.05) is 12.9 Å². The van der Waals surface area contributed by atoms with Crippen LogP contribution in [0, 0.1) is 12.7 Å². The number of carbonyl (C=O) groups excluding carboxylic acids is 1. The van der Waals surface area contributed by atoms with Crippen LogP contribution in [0.1, 0.15) is 15.9 Å². The fraction of sp³-hybridized carbons (Fsp3) is 0.308. The van der Waals surface area contributed by atoms with Crippen LogP contribution in [-0.4, -0.2) is 35.6 Å². The fourth-order valence-electron chi connectivity index (χ4n) is 1.52. The van der Waals surface area contributed by atoms with E-state index in [2.05, 4.69) is 15.5 Å². The number of carbonyl (C=O) groups is 1. The van der Waals surface area contributed by atoms with Crippen LogP contribution in [0.3, 0.4) is 0 Å². The molecule has 0 aliphatic carbocycles. The number of aromatic nitrogens is 2. The molecule has 0 fully saturated rings. The van der Waals surface area contributed by atoms with Gasteiger partial charge in [0.2, 0.25) is 5.13 Å². The van der Waals surface area contributed by atoms with Crippen LogP contribution in [0.4, 0.5) is 9.52 Å². The number of anilines is 1. The van der Waals surface area contributed by atoms with Gasteiger partial charge in [-0.3, -0.25) is 10.1 Å². The Morgan fingerprint density at radius 2 is 2.29 bits per heavy atom. The molecule has 1 heterocycles. The van der Waals surface area contributed by atoms with Gasteiger partial charge >= 0.3 is 0 Å². The molecule has 1 amide bonds. The molecule has 0 bridgehead atoms. The third kappa shape index (κ3) is 4.23. The number of benzene rings is 1. The van der Waals surface area contributed by atoms with Crippen molar-refractivity contribution in [2.24, 2.45) is 0 Å². The smallest absolute Gasteiger partial charge is 0.260 e. The van der Waals surface area contributed by atoms with Crippen molar-refractivity contribution >= 4 is 34.1 Å². The first-order chi connectivity index (χ1) is 10.1. The van der Waals surface area contributed by atoms with Crippen LogP contribution >= 0.6 is 23.1 Å². The average Bonchev–Trinajstić information content (AvgIpc) is 2.89. The summed E-state index contributed by atoms with van der Waals surface area (Å²) < 4.78 is 19.5. The Morgan fingerprint density at radius 1 is 1.48 bits per heavy atom. The first-order valence-corrected chi connectivity index (χ1v) is 7.93. The number of nitrogens with zero attached hydrogens (tertiary/aromatic N) is 2. The van der Waals surface area contributed by atoms with E-state index in [-0.39, 0.29) is 5.56 Å². The molecule has 0 radical (unpaired) electrons. The molecule has 1 N–H and O–H groups in total. The van der Waals surface area contributed by atoms with E-state index in [1.54, 1.807) is 26.2 Å². The van der Waals surface area contributed by atoms with Crippen molar-refractivity contribution in [1.82, 2.24) is 10.2 Å². The van der Waals surface area contributed by atoms with Crippen LogP contribution in [0.2, 0.25) is 0 Å². The highest BCUT2D eigenvalue weighted by atomic mass is 32.2. The van der Waals surface area contributed by atoms with Gasteiger partial charge < -0.3 is 4.74 Å². The molecule has 0 aliphatic rings. The molecule has 1 aromatic heterocycles. The van der Waals surface area contributed by atoms with E-state index in [0.29, 0.717) is 17.3 Å². The number of amides is 1. The van der Waals surface area contributed by atoms with Crippen molar-refractivity contribution in [3.8, 4) is 0 Å². The van der Waals surface area contributed by atoms with Crippen LogP contribution in [0.25, 0.3) is 0 Å². The van der Waals surface area contributed by atoms with Crippen LogP contribution in [0.5, 0.6) is 0 Å². The summed E-state index contributed by atoms with van der Waals surface area (Å²) in [6, 6.07) is 4.69. The van der Waals surface area contributed by atoms with Gasteiger partial charge in [-0.1, -0.05) is 35.2 Å². The minimum Gasteiger partial charge on any atom is -0.384 e. The maximum atomic E-state index is 13.9. The third-order valence-corrected chi connectivity index (χ3v) is 4.51. The number of hydrogen-bond donors (Lipinski definition) is 1. The lowest BCUT2D eigenvalue weighted by atomic mass is 10.1. The molecule has 0 saturated carbocycles. The summed E-state index contributed by atoms with van der Waals surface area (Å²) in [6.07, 6.45) is 0. The summed E-state index contributed by atoms with van der Waals surface area (Å²) >= 11 is 2.74. The van der Waals surface area contributed by atoms with Crippen molar-refractivity contribution in [3.63, 3.8) is 0 Å². The summed E-state index contributed by atoms with van der Waals surface area (Å²) in [6.45, 7) is 2.22. The van der Waals surface area contributed by atoms with Gasteiger partial charge in [-0.25, -0.2) is 4.39 Å². The Kier molecular flexibility index (Phi) is 5.66. The maximum Gasteiger partial charge on any atom is 0.260 e. The standard InChI is InChI=1S/C13H14FN3O2S2/c1-8-4-3-5-9(10(8)14)11(18)15-12-16-17-13(21-12)20-7-6-19-2/h3-5H,6-7H2,1-2H3,(H,15,16,18). The number of hydrogen-bond acceptors (Lipinski definition) is 6. The van der Waals surface area contributed by atoms with Gasteiger partial charge in [0.1, 0.15) is 5.82 Å². The fourth-order valence-corrected chi connectivity index (χ4v) is 3.24. The summed E-state index contributed by atoms with van der Waals surface area (Å²) in [7, 11) is 1.63. The molecule has 0 unspecified atom stereocenters. The Hall–Kier alpha value is -1.51. The summed E-state index contributed by atoms with van der Waals surface area (Å²) in [4.78, 5) is 12.0. The molecule has 0 spiro atoms. The van der Waals surface area contributed by atoms with E-state index in [4.69, 9.17) is 4.74 Å². The van der Waals surface area contributed by atoms with Crippen LogP contribution in [-0.2, 0) is 4.74 Å². The Balaban J connectivity index is 2.01. The molecule has 1 aromatic carbocycles. The number of ether oxygens (including phenoxy) is 1. The lowest BCUT2D eigenvalue weighted by Gasteiger charge is -2.04. The third-order valence-electron chi connectivity index (χ3n) is 2.58. The summed E-state index contributed by atoms with van der Waals surface area (Å²) in [5.41, 5.74) is 0.425. The number of methoxy groups -OCH3 is 1. The van der Waals surface area contributed by atoms with Gasteiger partial charge in [-0.2, -0.15) is 0 Å². The molecule has 2 aromatic rings. The average molecular weight is 327 g/mol. The first-order valence-electron chi connectivity index (χ1n) is 6.13. The largest absolute Gasteiger partial charge is 0.384 e. The number of halogens is 1. The second kappa shape index (κ2) is 7.48. The maximum absolute atomic E-state index is 13.9. The second-order valence-corrected chi connectivity index (χ2v) is 6.42. The highest BCUT2D eigenvalue weighted by molar-refractivity contribution is 8.01. The predicted octanol–water partition coefficient (Wildman–Crippen LogP) is 2.98. The molecule has 112 valence electrons. The van der Waals surface area contributed by atoms with E-state index >= 15 is 0 Å². The molecule has 5 nitrogen and oxygen atoms in total. The first kappa shape index (κ1) is 15.9.